The van der Waals surface area contributed by atoms with Gasteiger partial charge in [-0.05, 0) is 35.4 Å². The molecule has 6 nitrogen and oxygen atoms in total. The fourth-order valence-electron chi connectivity index (χ4n) is 2.09. The molecule has 0 saturated heterocycles. The van der Waals surface area contributed by atoms with E-state index >= 15 is 0 Å². The number of hydrogen-bond donors (Lipinski definition) is 1. The van der Waals surface area contributed by atoms with Crippen LogP contribution >= 0.6 is 11.6 Å². The number of hydrogen-bond acceptors (Lipinski definition) is 5. The molecule has 1 amide bonds. The van der Waals surface area contributed by atoms with Gasteiger partial charge < -0.3 is 14.8 Å². The van der Waals surface area contributed by atoms with E-state index in [1.165, 1.54) is 7.11 Å². The van der Waals surface area contributed by atoms with Gasteiger partial charge in [-0.25, -0.2) is 4.79 Å². The Balaban J connectivity index is 1.72. The number of ether oxygens (including phenoxy) is 2. The maximum Gasteiger partial charge on any atom is 0.337 e. The summed E-state index contributed by atoms with van der Waals surface area (Å²) in [4.78, 5) is 34.8. The minimum Gasteiger partial charge on any atom is -0.465 e. The van der Waals surface area contributed by atoms with Gasteiger partial charge in [-0.2, -0.15) is 0 Å². The molecule has 0 fully saturated rings. The molecule has 0 bridgehead atoms. The predicted octanol–water partition coefficient (Wildman–Crippen LogP) is 2.53. The molecule has 2 rings (SSSR count). The van der Waals surface area contributed by atoms with Crippen molar-refractivity contribution in [1.82, 2.24) is 5.32 Å². The van der Waals surface area contributed by atoms with Crippen molar-refractivity contribution in [1.29, 1.82) is 0 Å². The van der Waals surface area contributed by atoms with Crippen LogP contribution in [-0.2, 0) is 32.0 Å². The number of halogens is 1. The summed E-state index contributed by atoms with van der Waals surface area (Å²) in [5.74, 6) is -1.33. The van der Waals surface area contributed by atoms with E-state index in [-0.39, 0.29) is 19.6 Å². The van der Waals surface area contributed by atoms with Crippen molar-refractivity contribution in [2.24, 2.45) is 0 Å². The number of benzene rings is 2. The molecule has 0 aliphatic heterocycles. The van der Waals surface area contributed by atoms with Gasteiger partial charge in [0, 0.05) is 11.6 Å². The van der Waals surface area contributed by atoms with Crippen molar-refractivity contribution in [2.75, 3.05) is 13.7 Å². The third-order valence-corrected chi connectivity index (χ3v) is 3.74. The van der Waals surface area contributed by atoms with Gasteiger partial charge in [0.15, 0.2) is 6.61 Å². The molecule has 0 unspecified atom stereocenters. The second-order valence-electron chi connectivity index (χ2n) is 5.43. The molecule has 0 radical (unpaired) electrons. The molecule has 0 heterocycles. The first kappa shape index (κ1) is 19.5. The van der Waals surface area contributed by atoms with Crippen LogP contribution in [0.25, 0.3) is 0 Å². The Morgan fingerprint density at radius 3 is 2.19 bits per heavy atom. The predicted molar refractivity (Wildman–Crippen MR) is 95.7 cm³/mol. The minimum absolute atomic E-state index is 0.0689. The summed E-state index contributed by atoms with van der Waals surface area (Å²) in [6.45, 7) is -0.0955. The Labute approximate surface area is 156 Å². The maximum absolute atomic E-state index is 11.8. The summed E-state index contributed by atoms with van der Waals surface area (Å²) < 4.78 is 9.56. The fourth-order valence-corrected chi connectivity index (χ4v) is 2.22. The van der Waals surface area contributed by atoms with E-state index < -0.39 is 17.8 Å². The smallest absolute Gasteiger partial charge is 0.337 e. The SMILES string of the molecule is COC(=O)c1ccc(CNC(=O)COC(=O)Cc2ccc(Cl)cc2)cc1. The molecule has 0 atom stereocenters. The lowest BCUT2D eigenvalue weighted by molar-refractivity contribution is -0.147. The van der Waals surface area contributed by atoms with Crippen molar-refractivity contribution in [3.8, 4) is 0 Å². The Morgan fingerprint density at radius 2 is 1.58 bits per heavy atom. The first-order valence-electron chi connectivity index (χ1n) is 7.82. The molecule has 0 saturated carbocycles. The van der Waals surface area contributed by atoms with Crippen LogP contribution in [0, 0.1) is 0 Å². The van der Waals surface area contributed by atoms with Crippen LogP contribution in [0.1, 0.15) is 21.5 Å². The normalized spacial score (nSPS) is 10.1. The third-order valence-electron chi connectivity index (χ3n) is 3.49. The second-order valence-corrected chi connectivity index (χ2v) is 5.87. The van der Waals surface area contributed by atoms with Gasteiger partial charge in [-0.3, -0.25) is 9.59 Å². The van der Waals surface area contributed by atoms with E-state index in [1.54, 1.807) is 48.5 Å². The Morgan fingerprint density at radius 1 is 0.962 bits per heavy atom. The molecule has 136 valence electrons. The van der Waals surface area contributed by atoms with E-state index in [0.717, 1.165) is 11.1 Å². The quantitative estimate of drug-likeness (QED) is 0.752. The van der Waals surface area contributed by atoms with Crippen molar-refractivity contribution >= 4 is 29.4 Å². The zero-order valence-electron chi connectivity index (χ0n) is 14.2. The van der Waals surface area contributed by atoms with Crippen molar-refractivity contribution in [3.63, 3.8) is 0 Å². The first-order valence-corrected chi connectivity index (χ1v) is 8.19. The van der Waals surface area contributed by atoms with E-state index in [4.69, 9.17) is 16.3 Å². The number of esters is 2. The molecule has 0 spiro atoms. The van der Waals surface area contributed by atoms with Gasteiger partial charge in [-0.1, -0.05) is 35.9 Å². The Hall–Kier alpha value is -2.86. The highest BCUT2D eigenvalue weighted by Crippen LogP contribution is 2.10. The van der Waals surface area contributed by atoms with Gasteiger partial charge in [0.05, 0.1) is 19.1 Å². The highest BCUT2D eigenvalue weighted by atomic mass is 35.5. The number of rotatable bonds is 7. The highest BCUT2D eigenvalue weighted by Gasteiger charge is 2.09. The van der Waals surface area contributed by atoms with E-state index in [9.17, 15) is 14.4 Å². The van der Waals surface area contributed by atoms with Crippen LogP contribution in [0.3, 0.4) is 0 Å². The fraction of sp³-hybridized carbons (Fsp3) is 0.211. The van der Waals surface area contributed by atoms with E-state index in [1.807, 2.05) is 0 Å². The average molecular weight is 376 g/mol. The van der Waals surface area contributed by atoms with Crippen LogP contribution in [0.2, 0.25) is 5.02 Å². The molecule has 0 aliphatic rings. The van der Waals surface area contributed by atoms with Crippen molar-refractivity contribution < 1.29 is 23.9 Å². The monoisotopic (exact) mass is 375 g/mol. The maximum atomic E-state index is 11.8. The second kappa shape index (κ2) is 9.58. The van der Waals surface area contributed by atoms with Crippen molar-refractivity contribution in [2.45, 2.75) is 13.0 Å². The minimum atomic E-state index is -0.495. The van der Waals surface area contributed by atoms with Gasteiger partial charge >= 0.3 is 11.9 Å². The zero-order valence-corrected chi connectivity index (χ0v) is 14.9. The molecule has 0 aromatic heterocycles. The lowest BCUT2D eigenvalue weighted by Gasteiger charge is -2.07. The summed E-state index contributed by atoms with van der Waals surface area (Å²) >= 11 is 5.78. The topological polar surface area (TPSA) is 81.7 Å². The number of amides is 1. The molecule has 2 aromatic rings. The van der Waals surface area contributed by atoms with Crippen LogP contribution in [-0.4, -0.2) is 31.6 Å². The molecule has 26 heavy (non-hydrogen) atoms. The highest BCUT2D eigenvalue weighted by molar-refractivity contribution is 6.30. The summed E-state index contributed by atoms with van der Waals surface area (Å²) in [6.07, 6.45) is 0.0689. The van der Waals surface area contributed by atoms with Crippen molar-refractivity contribution in [3.05, 3.63) is 70.2 Å². The number of carbonyl (C=O) groups excluding carboxylic acids is 3. The molecule has 1 N–H and O–H groups in total. The Bertz CT molecular complexity index is 772. The van der Waals surface area contributed by atoms with Gasteiger partial charge in [0.2, 0.25) is 0 Å². The van der Waals surface area contributed by atoms with E-state index in [2.05, 4.69) is 10.1 Å². The number of methoxy groups -OCH3 is 1. The van der Waals surface area contributed by atoms with E-state index in [0.29, 0.717) is 10.6 Å². The van der Waals surface area contributed by atoms with Gasteiger partial charge in [-0.15, -0.1) is 0 Å². The third kappa shape index (κ3) is 6.22. The first-order chi connectivity index (χ1) is 12.5. The summed E-state index contributed by atoms with van der Waals surface area (Å²) in [7, 11) is 1.31. The van der Waals surface area contributed by atoms with Crippen LogP contribution in [0.15, 0.2) is 48.5 Å². The largest absolute Gasteiger partial charge is 0.465 e. The molecule has 7 heteroatoms. The standard InChI is InChI=1S/C19H18ClNO5/c1-25-19(24)15-6-2-14(3-7-15)11-21-17(22)12-26-18(23)10-13-4-8-16(20)9-5-13/h2-9H,10-12H2,1H3,(H,21,22). The Kier molecular flexibility index (Phi) is 7.17. The average Bonchev–Trinajstić information content (AvgIpc) is 2.66. The van der Waals surface area contributed by atoms with Crippen LogP contribution in [0.4, 0.5) is 0 Å². The molecular weight excluding hydrogens is 358 g/mol. The summed E-state index contributed by atoms with van der Waals surface area (Å²) in [5.41, 5.74) is 1.99. The lowest BCUT2D eigenvalue weighted by Crippen LogP contribution is -2.28. The van der Waals surface area contributed by atoms with Gasteiger partial charge in [0.25, 0.3) is 5.91 Å². The lowest BCUT2D eigenvalue weighted by atomic mass is 10.1. The van der Waals surface area contributed by atoms with Gasteiger partial charge in [0.1, 0.15) is 0 Å². The molecular formula is C19H18ClNO5. The van der Waals surface area contributed by atoms with Crippen LogP contribution < -0.4 is 5.32 Å². The van der Waals surface area contributed by atoms with Crippen LogP contribution in [0.5, 0.6) is 0 Å². The number of carbonyl (C=O) groups is 3. The molecule has 2 aromatic carbocycles. The molecule has 0 aliphatic carbocycles. The number of nitrogens with one attached hydrogen (secondary N) is 1. The summed E-state index contributed by atoms with van der Waals surface area (Å²) in [5, 5.41) is 3.22. The summed E-state index contributed by atoms with van der Waals surface area (Å²) in [6, 6.07) is 13.4. The zero-order chi connectivity index (χ0) is 18.9.